The molecule has 1 heterocycles. The van der Waals surface area contributed by atoms with Crippen molar-refractivity contribution in [2.75, 3.05) is 5.32 Å². The number of nitrogens with one attached hydrogen (secondary N) is 1. The van der Waals surface area contributed by atoms with Crippen molar-refractivity contribution in [2.45, 2.75) is 25.1 Å². The Morgan fingerprint density at radius 1 is 1.33 bits per heavy atom. The van der Waals surface area contributed by atoms with Crippen molar-refractivity contribution in [2.24, 2.45) is 0 Å². The van der Waals surface area contributed by atoms with Gasteiger partial charge >= 0.3 is 6.18 Å². The van der Waals surface area contributed by atoms with E-state index in [2.05, 4.69) is 5.32 Å². The van der Waals surface area contributed by atoms with Gasteiger partial charge in [-0.25, -0.2) is 0 Å². The normalized spacial score (nSPS) is 13.8. The number of aryl methyl sites for hydroxylation is 1. The van der Waals surface area contributed by atoms with Crippen molar-refractivity contribution >= 4 is 11.6 Å². The van der Waals surface area contributed by atoms with Gasteiger partial charge < -0.3 is 14.8 Å². The minimum atomic E-state index is -5.11. The van der Waals surface area contributed by atoms with E-state index in [9.17, 15) is 23.1 Å². The lowest BCUT2D eigenvalue weighted by molar-refractivity contribution is -0.272. The molecule has 24 heavy (non-hydrogen) atoms. The second-order valence-corrected chi connectivity index (χ2v) is 5.19. The molecule has 126 valence electrons. The smallest absolute Gasteiger partial charge is 0.425 e. The highest BCUT2D eigenvalue weighted by Crippen LogP contribution is 2.42. The maximum Gasteiger partial charge on any atom is 0.425 e. The highest BCUT2D eigenvalue weighted by Gasteiger charge is 2.58. The first-order valence-corrected chi connectivity index (χ1v) is 6.82. The van der Waals surface area contributed by atoms with Crippen molar-refractivity contribution < 1.29 is 27.5 Å². The third kappa shape index (κ3) is 3.58. The van der Waals surface area contributed by atoms with Crippen LogP contribution in [0, 0.1) is 18.3 Å². The van der Waals surface area contributed by atoms with Gasteiger partial charge in [0.05, 0.1) is 18.1 Å². The van der Waals surface area contributed by atoms with Crippen LogP contribution in [0.5, 0.6) is 0 Å². The zero-order valence-corrected chi connectivity index (χ0v) is 12.5. The van der Waals surface area contributed by atoms with E-state index in [-0.39, 0.29) is 17.0 Å². The predicted octanol–water partition coefficient (Wildman–Crippen LogP) is 3.24. The number of hydrogen-bond donors (Lipinski definition) is 2. The molecule has 5 nitrogen and oxygen atoms in total. The topological polar surface area (TPSA) is 86.3 Å². The molecule has 0 spiro atoms. The summed E-state index contributed by atoms with van der Waals surface area (Å²) in [5, 5.41) is 21.1. The average molecular weight is 338 g/mol. The first-order valence-electron chi connectivity index (χ1n) is 6.82. The monoisotopic (exact) mass is 338 g/mol. The van der Waals surface area contributed by atoms with Crippen LogP contribution in [0.4, 0.5) is 18.9 Å². The summed E-state index contributed by atoms with van der Waals surface area (Å²) in [7, 11) is 0. The number of carbonyl (C=O) groups excluding carboxylic acids is 1. The Hall–Kier alpha value is -2.79. The van der Waals surface area contributed by atoms with E-state index >= 15 is 0 Å². The molecular formula is C16H13F3N2O3. The second kappa shape index (κ2) is 6.37. The highest BCUT2D eigenvalue weighted by atomic mass is 19.4. The summed E-state index contributed by atoms with van der Waals surface area (Å²) in [6.07, 6.45) is -6.39. The van der Waals surface area contributed by atoms with Crippen LogP contribution in [0.3, 0.4) is 0 Å². The molecule has 2 aromatic rings. The molecule has 1 aromatic heterocycles. The molecule has 2 N–H and O–H groups in total. The lowest BCUT2D eigenvalue weighted by Gasteiger charge is -2.28. The van der Waals surface area contributed by atoms with E-state index in [1.54, 1.807) is 0 Å². The van der Waals surface area contributed by atoms with Gasteiger partial charge in [-0.2, -0.15) is 18.4 Å². The standard InChI is InChI=1S/C16H13F3N2O3/c1-10-5-6-13(24-10)15(23,16(17,18)19)8-14(22)21-12-4-2-3-11(7-12)9-20/h2-7,23H,8H2,1H3,(H,21,22). The third-order valence-corrected chi connectivity index (χ3v) is 3.31. The minimum Gasteiger partial charge on any atom is -0.463 e. The van der Waals surface area contributed by atoms with Gasteiger partial charge in [0.1, 0.15) is 11.5 Å². The number of nitriles is 1. The summed E-state index contributed by atoms with van der Waals surface area (Å²) >= 11 is 0. The fraction of sp³-hybridized carbons (Fsp3) is 0.250. The van der Waals surface area contributed by atoms with Gasteiger partial charge in [0.15, 0.2) is 0 Å². The molecule has 1 amide bonds. The van der Waals surface area contributed by atoms with Crippen molar-refractivity contribution in [3.63, 3.8) is 0 Å². The number of alkyl halides is 3. The number of aliphatic hydroxyl groups is 1. The molecule has 0 fully saturated rings. The maximum atomic E-state index is 13.3. The lowest BCUT2D eigenvalue weighted by atomic mass is 9.95. The van der Waals surface area contributed by atoms with E-state index in [0.717, 1.165) is 6.07 Å². The van der Waals surface area contributed by atoms with Crippen LogP contribution in [0.1, 0.15) is 23.5 Å². The number of anilines is 1. The van der Waals surface area contributed by atoms with Gasteiger partial charge in [0, 0.05) is 5.69 Å². The highest BCUT2D eigenvalue weighted by molar-refractivity contribution is 5.91. The van der Waals surface area contributed by atoms with E-state index in [1.807, 2.05) is 6.07 Å². The number of nitrogens with zero attached hydrogens (tertiary/aromatic N) is 1. The van der Waals surface area contributed by atoms with Gasteiger partial charge in [-0.3, -0.25) is 4.79 Å². The first-order chi connectivity index (χ1) is 11.2. The molecule has 0 saturated heterocycles. The predicted molar refractivity (Wildman–Crippen MR) is 77.8 cm³/mol. The van der Waals surface area contributed by atoms with Crippen molar-refractivity contribution in [3.05, 3.63) is 53.5 Å². The Morgan fingerprint density at radius 2 is 2.04 bits per heavy atom. The molecule has 1 aromatic carbocycles. The lowest BCUT2D eigenvalue weighted by Crippen LogP contribution is -2.44. The number of amides is 1. The Labute approximate surface area is 135 Å². The van der Waals surface area contributed by atoms with Crippen LogP contribution in [0.2, 0.25) is 0 Å². The SMILES string of the molecule is Cc1ccc(C(O)(CC(=O)Nc2cccc(C#N)c2)C(F)(F)F)o1. The van der Waals surface area contributed by atoms with Gasteiger partial charge in [-0.05, 0) is 37.3 Å². The van der Waals surface area contributed by atoms with Crippen molar-refractivity contribution in [3.8, 4) is 6.07 Å². The molecule has 8 heteroatoms. The fourth-order valence-corrected chi connectivity index (χ4v) is 2.09. The van der Waals surface area contributed by atoms with E-state index in [0.29, 0.717) is 0 Å². The molecule has 0 aliphatic carbocycles. The molecule has 0 bridgehead atoms. The Morgan fingerprint density at radius 3 is 2.58 bits per heavy atom. The number of carbonyl (C=O) groups is 1. The average Bonchev–Trinajstić information content (AvgIpc) is 2.93. The number of hydrogen-bond acceptors (Lipinski definition) is 4. The van der Waals surface area contributed by atoms with Gasteiger partial charge in [0.25, 0.3) is 0 Å². The number of halogens is 3. The zero-order chi connectivity index (χ0) is 18.0. The van der Waals surface area contributed by atoms with Gasteiger partial charge in [0.2, 0.25) is 11.5 Å². The summed E-state index contributed by atoms with van der Waals surface area (Å²) in [5.41, 5.74) is -3.06. The zero-order valence-electron chi connectivity index (χ0n) is 12.5. The van der Waals surface area contributed by atoms with Crippen LogP contribution < -0.4 is 5.32 Å². The van der Waals surface area contributed by atoms with E-state index in [4.69, 9.17) is 9.68 Å². The van der Waals surface area contributed by atoms with Gasteiger partial charge in [-0.15, -0.1) is 0 Å². The number of benzene rings is 1. The Balaban J connectivity index is 2.24. The second-order valence-electron chi connectivity index (χ2n) is 5.19. The molecule has 0 radical (unpaired) electrons. The fourth-order valence-electron chi connectivity index (χ4n) is 2.09. The molecule has 0 saturated carbocycles. The summed E-state index contributed by atoms with van der Waals surface area (Å²) in [6.45, 7) is 1.42. The molecule has 1 unspecified atom stereocenters. The van der Waals surface area contributed by atoms with E-state index < -0.39 is 29.9 Å². The largest absolute Gasteiger partial charge is 0.463 e. The summed E-state index contributed by atoms with van der Waals surface area (Å²) < 4.78 is 44.7. The molecule has 2 rings (SSSR count). The number of furan rings is 1. The molecular weight excluding hydrogens is 325 g/mol. The number of rotatable bonds is 4. The van der Waals surface area contributed by atoms with E-state index in [1.165, 1.54) is 37.3 Å². The quantitative estimate of drug-likeness (QED) is 0.896. The molecule has 1 atom stereocenters. The minimum absolute atomic E-state index is 0.152. The summed E-state index contributed by atoms with van der Waals surface area (Å²) in [6, 6.07) is 9.77. The molecule has 0 aliphatic rings. The molecule has 0 aliphatic heterocycles. The first kappa shape index (κ1) is 17.6. The van der Waals surface area contributed by atoms with Crippen LogP contribution in [0.25, 0.3) is 0 Å². The summed E-state index contributed by atoms with van der Waals surface area (Å²) in [4.78, 5) is 12.0. The Kier molecular flexibility index (Phi) is 4.66. The van der Waals surface area contributed by atoms with Crippen LogP contribution >= 0.6 is 0 Å². The van der Waals surface area contributed by atoms with Gasteiger partial charge in [-0.1, -0.05) is 6.07 Å². The maximum absolute atomic E-state index is 13.3. The van der Waals surface area contributed by atoms with Crippen LogP contribution in [-0.2, 0) is 10.4 Å². The van der Waals surface area contributed by atoms with Crippen LogP contribution in [-0.4, -0.2) is 17.2 Å². The Bertz CT molecular complexity index is 792. The third-order valence-electron chi connectivity index (χ3n) is 3.31. The van der Waals surface area contributed by atoms with Crippen LogP contribution in [0.15, 0.2) is 40.8 Å². The van der Waals surface area contributed by atoms with Crippen molar-refractivity contribution in [1.29, 1.82) is 5.26 Å². The summed E-state index contributed by atoms with van der Waals surface area (Å²) in [5.74, 6) is -1.65. The van der Waals surface area contributed by atoms with Crippen molar-refractivity contribution in [1.82, 2.24) is 0 Å².